The second-order valence-corrected chi connectivity index (χ2v) is 2.77. The molecular formula is C11H11NO. The van der Waals surface area contributed by atoms with Crippen molar-refractivity contribution in [2.75, 3.05) is 6.61 Å². The van der Waals surface area contributed by atoms with Gasteiger partial charge in [0.2, 0.25) is 5.88 Å². The highest BCUT2D eigenvalue weighted by Gasteiger charge is 2.00. The Balaban J connectivity index is 2.61. The van der Waals surface area contributed by atoms with Crippen LogP contribution in [0.25, 0.3) is 10.8 Å². The van der Waals surface area contributed by atoms with Gasteiger partial charge in [0.1, 0.15) is 0 Å². The summed E-state index contributed by atoms with van der Waals surface area (Å²) in [6.45, 7) is 2.62. The summed E-state index contributed by atoms with van der Waals surface area (Å²) in [5.41, 5.74) is 0. The summed E-state index contributed by atoms with van der Waals surface area (Å²) in [6, 6.07) is 10.1. The third kappa shape index (κ3) is 1.47. The molecule has 0 saturated carbocycles. The molecule has 66 valence electrons. The van der Waals surface area contributed by atoms with Gasteiger partial charge in [-0.1, -0.05) is 18.2 Å². The zero-order chi connectivity index (χ0) is 9.10. The molecule has 1 aromatic carbocycles. The summed E-state index contributed by atoms with van der Waals surface area (Å²) in [6.07, 6.45) is 1.77. The molecule has 0 bridgehead atoms. The Morgan fingerprint density at radius 3 is 2.92 bits per heavy atom. The first-order valence-electron chi connectivity index (χ1n) is 4.38. The van der Waals surface area contributed by atoms with Gasteiger partial charge in [0.05, 0.1) is 6.61 Å². The van der Waals surface area contributed by atoms with Crippen LogP contribution in [0.4, 0.5) is 0 Å². The molecule has 0 amide bonds. The highest BCUT2D eigenvalue weighted by Crippen LogP contribution is 2.21. The van der Waals surface area contributed by atoms with Gasteiger partial charge < -0.3 is 4.74 Å². The van der Waals surface area contributed by atoms with Gasteiger partial charge in [-0.05, 0) is 24.4 Å². The molecule has 0 saturated heterocycles. The van der Waals surface area contributed by atoms with E-state index >= 15 is 0 Å². The molecule has 0 N–H and O–H groups in total. The zero-order valence-corrected chi connectivity index (χ0v) is 7.53. The van der Waals surface area contributed by atoms with Crippen molar-refractivity contribution in [1.82, 2.24) is 4.98 Å². The third-order valence-corrected chi connectivity index (χ3v) is 1.92. The number of hydrogen-bond donors (Lipinski definition) is 0. The molecule has 0 aliphatic rings. The lowest BCUT2D eigenvalue weighted by atomic mass is 10.2. The van der Waals surface area contributed by atoms with Gasteiger partial charge in [-0.15, -0.1) is 0 Å². The fourth-order valence-corrected chi connectivity index (χ4v) is 1.34. The number of ether oxygens (including phenoxy) is 1. The fraction of sp³-hybridized carbons (Fsp3) is 0.182. The predicted octanol–water partition coefficient (Wildman–Crippen LogP) is 2.63. The van der Waals surface area contributed by atoms with Gasteiger partial charge in [-0.25, -0.2) is 4.98 Å². The standard InChI is InChI=1S/C11H11NO/c1-2-13-11-10-6-4-3-5-9(10)7-8-12-11/h3-8H,2H2,1H3. The summed E-state index contributed by atoms with van der Waals surface area (Å²) in [5.74, 6) is 0.723. The second kappa shape index (κ2) is 3.44. The topological polar surface area (TPSA) is 22.1 Å². The molecule has 0 atom stereocenters. The smallest absolute Gasteiger partial charge is 0.221 e. The Kier molecular flexibility index (Phi) is 2.13. The van der Waals surface area contributed by atoms with E-state index in [-0.39, 0.29) is 0 Å². The Morgan fingerprint density at radius 1 is 1.23 bits per heavy atom. The Bertz CT molecular complexity index is 406. The molecule has 1 heterocycles. The van der Waals surface area contributed by atoms with Crippen LogP contribution in [0.1, 0.15) is 6.92 Å². The monoisotopic (exact) mass is 173 g/mol. The molecule has 0 aliphatic carbocycles. The number of aromatic nitrogens is 1. The van der Waals surface area contributed by atoms with Crippen LogP contribution in [-0.2, 0) is 0 Å². The number of rotatable bonds is 2. The van der Waals surface area contributed by atoms with Crippen molar-refractivity contribution in [1.29, 1.82) is 0 Å². The first-order valence-corrected chi connectivity index (χ1v) is 4.38. The summed E-state index contributed by atoms with van der Waals surface area (Å²) >= 11 is 0. The van der Waals surface area contributed by atoms with Crippen molar-refractivity contribution in [2.45, 2.75) is 6.92 Å². The Morgan fingerprint density at radius 2 is 2.08 bits per heavy atom. The maximum absolute atomic E-state index is 5.41. The van der Waals surface area contributed by atoms with Crippen molar-refractivity contribution in [2.24, 2.45) is 0 Å². The highest BCUT2D eigenvalue weighted by atomic mass is 16.5. The zero-order valence-electron chi connectivity index (χ0n) is 7.53. The van der Waals surface area contributed by atoms with Gasteiger partial charge in [0.25, 0.3) is 0 Å². The Labute approximate surface area is 77.2 Å². The fourth-order valence-electron chi connectivity index (χ4n) is 1.34. The largest absolute Gasteiger partial charge is 0.478 e. The summed E-state index contributed by atoms with van der Waals surface area (Å²) < 4.78 is 5.41. The molecule has 13 heavy (non-hydrogen) atoms. The molecule has 0 unspecified atom stereocenters. The number of pyridine rings is 1. The van der Waals surface area contributed by atoms with Crippen LogP contribution in [0.3, 0.4) is 0 Å². The molecule has 0 aliphatic heterocycles. The van der Waals surface area contributed by atoms with Gasteiger partial charge >= 0.3 is 0 Å². The molecule has 2 aromatic rings. The second-order valence-electron chi connectivity index (χ2n) is 2.77. The van der Waals surface area contributed by atoms with Crippen LogP contribution in [-0.4, -0.2) is 11.6 Å². The molecule has 2 heteroatoms. The molecule has 0 fully saturated rings. The maximum Gasteiger partial charge on any atom is 0.221 e. The minimum atomic E-state index is 0.654. The molecule has 2 rings (SSSR count). The van der Waals surface area contributed by atoms with Crippen molar-refractivity contribution in [3.63, 3.8) is 0 Å². The lowest BCUT2D eigenvalue weighted by Gasteiger charge is -2.04. The van der Waals surface area contributed by atoms with E-state index in [9.17, 15) is 0 Å². The summed E-state index contributed by atoms with van der Waals surface area (Å²) in [7, 11) is 0. The predicted molar refractivity (Wildman–Crippen MR) is 52.9 cm³/mol. The maximum atomic E-state index is 5.41. The van der Waals surface area contributed by atoms with E-state index < -0.39 is 0 Å². The van der Waals surface area contributed by atoms with Crippen LogP contribution in [0.2, 0.25) is 0 Å². The van der Waals surface area contributed by atoms with Crippen molar-refractivity contribution in [3.05, 3.63) is 36.5 Å². The van der Waals surface area contributed by atoms with Crippen LogP contribution in [0.15, 0.2) is 36.5 Å². The summed E-state index contributed by atoms with van der Waals surface area (Å²) in [4.78, 5) is 4.17. The van der Waals surface area contributed by atoms with E-state index in [1.54, 1.807) is 6.20 Å². The van der Waals surface area contributed by atoms with Gasteiger partial charge in [-0.2, -0.15) is 0 Å². The van der Waals surface area contributed by atoms with Crippen LogP contribution in [0.5, 0.6) is 5.88 Å². The number of fused-ring (bicyclic) bond motifs is 1. The quantitative estimate of drug-likeness (QED) is 0.696. The molecule has 1 aromatic heterocycles. The van der Waals surface area contributed by atoms with E-state index in [1.165, 1.54) is 5.39 Å². The van der Waals surface area contributed by atoms with Crippen molar-refractivity contribution in [3.8, 4) is 5.88 Å². The van der Waals surface area contributed by atoms with Crippen LogP contribution < -0.4 is 4.74 Å². The van der Waals surface area contributed by atoms with E-state index in [4.69, 9.17) is 4.74 Å². The third-order valence-electron chi connectivity index (χ3n) is 1.92. The molecule has 2 nitrogen and oxygen atoms in total. The molecule has 0 radical (unpaired) electrons. The molecule has 0 spiro atoms. The first-order chi connectivity index (χ1) is 6.42. The van der Waals surface area contributed by atoms with Gasteiger partial charge in [0, 0.05) is 11.6 Å². The minimum absolute atomic E-state index is 0.654. The molecular weight excluding hydrogens is 162 g/mol. The number of benzene rings is 1. The normalized spacial score (nSPS) is 10.2. The van der Waals surface area contributed by atoms with E-state index in [2.05, 4.69) is 11.1 Å². The number of hydrogen-bond acceptors (Lipinski definition) is 2. The minimum Gasteiger partial charge on any atom is -0.478 e. The number of nitrogens with zero attached hydrogens (tertiary/aromatic N) is 1. The highest BCUT2D eigenvalue weighted by molar-refractivity contribution is 5.86. The Hall–Kier alpha value is -1.57. The SMILES string of the molecule is CCOc1nccc2ccccc12. The lowest BCUT2D eigenvalue weighted by Crippen LogP contribution is -1.94. The van der Waals surface area contributed by atoms with E-state index in [0.29, 0.717) is 6.61 Å². The van der Waals surface area contributed by atoms with Crippen molar-refractivity contribution < 1.29 is 4.74 Å². The first kappa shape index (κ1) is 8.05. The average Bonchev–Trinajstić information content (AvgIpc) is 2.19. The van der Waals surface area contributed by atoms with Crippen LogP contribution in [0, 0.1) is 0 Å². The van der Waals surface area contributed by atoms with Gasteiger partial charge in [-0.3, -0.25) is 0 Å². The van der Waals surface area contributed by atoms with Crippen molar-refractivity contribution >= 4 is 10.8 Å². The lowest BCUT2D eigenvalue weighted by molar-refractivity contribution is 0.331. The average molecular weight is 173 g/mol. The van der Waals surface area contributed by atoms with Gasteiger partial charge in [0.15, 0.2) is 0 Å². The van der Waals surface area contributed by atoms with E-state index in [0.717, 1.165) is 11.3 Å². The summed E-state index contributed by atoms with van der Waals surface area (Å²) in [5, 5.41) is 2.24. The van der Waals surface area contributed by atoms with E-state index in [1.807, 2.05) is 31.2 Å². The van der Waals surface area contributed by atoms with Crippen LogP contribution >= 0.6 is 0 Å².